The molecule has 0 fully saturated rings. The third-order valence-corrected chi connectivity index (χ3v) is 2.81. The average molecular weight is 263 g/mol. The zero-order valence-electron chi connectivity index (χ0n) is 9.30. The molecule has 0 aliphatic heterocycles. The van der Waals surface area contributed by atoms with E-state index in [2.05, 4.69) is 22.9 Å². The van der Waals surface area contributed by atoms with Crippen LogP contribution >= 0.6 is 15.9 Å². The molecule has 0 aromatic heterocycles. The molecule has 0 rings (SSSR count). The van der Waals surface area contributed by atoms with Gasteiger partial charge in [-0.1, -0.05) is 6.92 Å². The van der Waals surface area contributed by atoms with Crippen LogP contribution in [0.15, 0.2) is 21.9 Å². The van der Waals surface area contributed by atoms with Crippen molar-refractivity contribution in [1.29, 1.82) is 0 Å². The van der Waals surface area contributed by atoms with Gasteiger partial charge in [-0.2, -0.15) is 0 Å². The predicted octanol–water partition coefficient (Wildman–Crippen LogP) is 3.93. The number of aliphatic hydroxyl groups is 1. The standard InChI is InChI=1S/C11H19BrO2/c1-5-10(9(4)14-6-2)7-11(12)8(3)13/h7,9,13H,5-6H2,1-4H3/b10-7+,11-8-/t9-/m1/s1. The first-order chi connectivity index (χ1) is 6.52. The van der Waals surface area contributed by atoms with Crippen molar-refractivity contribution in [2.75, 3.05) is 6.61 Å². The van der Waals surface area contributed by atoms with Crippen LogP contribution in [0.1, 0.15) is 34.1 Å². The molecule has 2 nitrogen and oxygen atoms in total. The quantitative estimate of drug-likeness (QED) is 0.601. The van der Waals surface area contributed by atoms with Gasteiger partial charge in [-0.05, 0) is 54.8 Å². The summed E-state index contributed by atoms with van der Waals surface area (Å²) in [6, 6.07) is 0. The van der Waals surface area contributed by atoms with Gasteiger partial charge in [0.05, 0.1) is 10.6 Å². The number of ether oxygens (including phenoxy) is 1. The summed E-state index contributed by atoms with van der Waals surface area (Å²) in [6.07, 6.45) is 2.95. The van der Waals surface area contributed by atoms with E-state index in [1.165, 1.54) is 5.57 Å². The fourth-order valence-corrected chi connectivity index (χ4v) is 1.43. The monoisotopic (exact) mass is 262 g/mol. The Labute approximate surface area is 94.8 Å². The van der Waals surface area contributed by atoms with Gasteiger partial charge in [-0.3, -0.25) is 0 Å². The molecule has 14 heavy (non-hydrogen) atoms. The van der Waals surface area contributed by atoms with Crippen molar-refractivity contribution in [3.8, 4) is 0 Å². The lowest BCUT2D eigenvalue weighted by Crippen LogP contribution is -2.10. The van der Waals surface area contributed by atoms with Gasteiger partial charge in [0, 0.05) is 6.61 Å². The molecule has 0 aromatic carbocycles. The highest BCUT2D eigenvalue weighted by Gasteiger charge is 2.07. The fraction of sp³-hybridized carbons (Fsp3) is 0.636. The summed E-state index contributed by atoms with van der Waals surface area (Å²) in [5, 5.41) is 9.22. The van der Waals surface area contributed by atoms with Gasteiger partial charge in [0.1, 0.15) is 5.76 Å². The zero-order chi connectivity index (χ0) is 11.1. The average Bonchev–Trinajstić information content (AvgIpc) is 2.13. The number of rotatable bonds is 5. The van der Waals surface area contributed by atoms with E-state index in [4.69, 9.17) is 4.74 Å². The van der Waals surface area contributed by atoms with Gasteiger partial charge in [0.2, 0.25) is 0 Å². The summed E-state index contributed by atoms with van der Waals surface area (Å²) >= 11 is 3.30. The van der Waals surface area contributed by atoms with E-state index >= 15 is 0 Å². The summed E-state index contributed by atoms with van der Waals surface area (Å²) in [5.74, 6) is 0.291. The maximum absolute atomic E-state index is 9.22. The van der Waals surface area contributed by atoms with Crippen LogP contribution in [-0.4, -0.2) is 17.8 Å². The maximum atomic E-state index is 9.22. The molecule has 3 heteroatoms. The normalized spacial score (nSPS) is 16.5. The SMILES string of the molecule is CCO[C@H](C)/C(=C/C(Br)=C(\C)O)CC. The molecule has 0 spiro atoms. The van der Waals surface area contributed by atoms with Gasteiger partial charge in [-0.25, -0.2) is 0 Å². The third kappa shape index (κ3) is 4.82. The Hall–Kier alpha value is -0.280. The smallest absolute Gasteiger partial charge is 0.103 e. The number of halogens is 1. The van der Waals surface area contributed by atoms with Crippen LogP contribution in [0.2, 0.25) is 0 Å². The van der Waals surface area contributed by atoms with Crippen LogP contribution in [-0.2, 0) is 4.74 Å². The van der Waals surface area contributed by atoms with Crippen molar-refractivity contribution in [1.82, 2.24) is 0 Å². The lowest BCUT2D eigenvalue weighted by Gasteiger charge is -2.14. The zero-order valence-corrected chi connectivity index (χ0v) is 10.9. The van der Waals surface area contributed by atoms with Crippen molar-refractivity contribution in [2.24, 2.45) is 0 Å². The highest BCUT2D eigenvalue weighted by molar-refractivity contribution is 9.11. The van der Waals surface area contributed by atoms with Crippen molar-refractivity contribution in [3.05, 3.63) is 21.9 Å². The predicted molar refractivity (Wildman–Crippen MR) is 63.7 cm³/mol. The fourth-order valence-electron chi connectivity index (χ4n) is 1.13. The second-order valence-electron chi connectivity index (χ2n) is 3.10. The summed E-state index contributed by atoms with van der Waals surface area (Å²) in [6.45, 7) is 8.43. The summed E-state index contributed by atoms with van der Waals surface area (Å²) < 4.78 is 6.21. The molecule has 0 heterocycles. The van der Waals surface area contributed by atoms with Crippen LogP contribution in [0.5, 0.6) is 0 Å². The van der Waals surface area contributed by atoms with Crippen LogP contribution < -0.4 is 0 Å². The van der Waals surface area contributed by atoms with Crippen LogP contribution in [0.4, 0.5) is 0 Å². The molecule has 0 aromatic rings. The molecular formula is C11H19BrO2. The van der Waals surface area contributed by atoms with E-state index in [9.17, 15) is 5.11 Å². The summed E-state index contributed by atoms with van der Waals surface area (Å²) in [4.78, 5) is 0. The Balaban J connectivity index is 4.63. The maximum Gasteiger partial charge on any atom is 0.103 e. The molecule has 0 saturated heterocycles. The second-order valence-corrected chi connectivity index (χ2v) is 3.96. The van der Waals surface area contributed by atoms with E-state index in [1.54, 1.807) is 6.92 Å². The Kier molecular flexibility index (Phi) is 6.93. The molecule has 0 aliphatic carbocycles. The van der Waals surface area contributed by atoms with Crippen molar-refractivity contribution >= 4 is 15.9 Å². The van der Waals surface area contributed by atoms with Crippen molar-refractivity contribution in [3.63, 3.8) is 0 Å². The summed E-state index contributed by atoms with van der Waals surface area (Å²) in [7, 11) is 0. The summed E-state index contributed by atoms with van der Waals surface area (Å²) in [5.41, 5.74) is 1.17. The van der Waals surface area contributed by atoms with E-state index < -0.39 is 0 Å². The van der Waals surface area contributed by atoms with Gasteiger partial charge >= 0.3 is 0 Å². The minimum Gasteiger partial charge on any atom is -0.511 e. The Morgan fingerprint density at radius 1 is 1.50 bits per heavy atom. The molecule has 0 radical (unpaired) electrons. The largest absolute Gasteiger partial charge is 0.511 e. The van der Waals surface area contributed by atoms with E-state index in [0.717, 1.165) is 10.9 Å². The topological polar surface area (TPSA) is 29.5 Å². The Morgan fingerprint density at radius 3 is 2.43 bits per heavy atom. The molecule has 0 saturated carbocycles. The molecule has 0 aliphatic rings. The molecule has 1 atom stereocenters. The number of hydrogen-bond acceptors (Lipinski definition) is 2. The highest BCUT2D eigenvalue weighted by atomic mass is 79.9. The van der Waals surface area contributed by atoms with Crippen LogP contribution in [0.3, 0.4) is 0 Å². The van der Waals surface area contributed by atoms with E-state index in [1.807, 2.05) is 19.9 Å². The molecule has 82 valence electrons. The first kappa shape index (κ1) is 13.7. The molecule has 0 unspecified atom stereocenters. The Bertz CT molecular complexity index is 227. The van der Waals surface area contributed by atoms with Gasteiger partial charge < -0.3 is 9.84 Å². The molecule has 0 amide bonds. The Morgan fingerprint density at radius 2 is 2.07 bits per heavy atom. The number of aliphatic hydroxyl groups excluding tert-OH is 1. The van der Waals surface area contributed by atoms with E-state index in [-0.39, 0.29) is 6.10 Å². The lowest BCUT2D eigenvalue weighted by atomic mass is 10.1. The minimum atomic E-state index is 0.108. The minimum absolute atomic E-state index is 0.108. The van der Waals surface area contributed by atoms with Crippen LogP contribution in [0.25, 0.3) is 0 Å². The number of hydrogen-bond donors (Lipinski definition) is 1. The van der Waals surface area contributed by atoms with Crippen molar-refractivity contribution < 1.29 is 9.84 Å². The van der Waals surface area contributed by atoms with Gasteiger partial charge in [0.15, 0.2) is 0 Å². The molecule has 0 bridgehead atoms. The van der Waals surface area contributed by atoms with Gasteiger partial charge in [-0.15, -0.1) is 0 Å². The van der Waals surface area contributed by atoms with Gasteiger partial charge in [0.25, 0.3) is 0 Å². The molecular weight excluding hydrogens is 244 g/mol. The van der Waals surface area contributed by atoms with Crippen LogP contribution in [0, 0.1) is 0 Å². The lowest BCUT2D eigenvalue weighted by molar-refractivity contribution is 0.0994. The highest BCUT2D eigenvalue weighted by Crippen LogP contribution is 2.19. The second kappa shape index (κ2) is 7.07. The first-order valence-electron chi connectivity index (χ1n) is 4.90. The number of allylic oxidation sites excluding steroid dienone is 3. The van der Waals surface area contributed by atoms with E-state index in [0.29, 0.717) is 12.4 Å². The first-order valence-corrected chi connectivity index (χ1v) is 5.69. The van der Waals surface area contributed by atoms with Crippen molar-refractivity contribution in [2.45, 2.75) is 40.2 Å². The third-order valence-electron chi connectivity index (χ3n) is 2.00. The molecule has 1 N–H and O–H groups in total.